The Morgan fingerprint density at radius 3 is 2.78 bits per heavy atom. The molecule has 0 unspecified atom stereocenters. The second kappa shape index (κ2) is 5.24. The molecule has 0 aliphatic carbocycles. The summed E-state index contributed by atoms with van der Waals surface area (Å²) >= 11 is 7.92. The van der Waals surface area contributed by atoms with E-state index >= 15 is 0 Å². The molecule has 0 fully saturated rings. The van der Waals surface area contributed by atoms with Crippen molar-refractivity contribution in [3.63, 3.8) is 0 Å². The van der Waals surface area contributed by atoms with Crippen molar-refractivity contribution >= 4 is 54.9 Å². The average Bonchev–Trinajstić information content (AvgIpc) is 2.85. The molecule has 0 atom stereocenters. The van der Waals surface area contributed by atoms with E-state index in [1.54, 1.807) is 6.07 Å². The Hall–Kier alpha value is -1.13. The largest absolute Gasteiger partial charge is 0.490 e. The zero-order valence-corrected chi connectivity index (χ0v) is 12.5. The van der Waals surface area contributed by atoms with Gasteiger partial charge in [0.2, 0.25) is 6.33 Å². The molecule has 2 heterocycles. The molecule has 0 saturated carbocycles. The molecule has 10 heteroatoms. The van der Waals surface area contributed by atoms with Crippen LogP contribution in [-0.4, -0.2) is 25.5 Å². The Labute approximate surface area is 121 Å². The second-order valence-electron chi connectivity index (χ2n) is 3.16. The molecule has 0 N–H and O–H groups in total. The summed E-state index contributed by atoms with van der Waals surface area (Å²) in [6.45, 7) is -0.0946. The third kappa shape index (κ3) is 2.82. The molecule has 2 aromatic rings. The Morgan fingerprint density at radius 2 is 2.28 bits per heavy atom. The third-order valence-corrected chi connectivity index (χ3v) is 4.29. The van der Waals surface area contributed by atoms with Gasteiger partial charge in [0.1, 0.15) is 6.54 Å². The molecule has 0 aliphatic heterocycles. The molecule has 2 aromatic heterocycles. The van der Waals surface area contributed by atoms with Crippen LogP contribution in [0.15, 0.2) is 20.0 Å². The van der Waals surface area contributed by atoms with Gasteiger partial charge in [-0.25, -0.2) is 0 Å². The lowest BCUT2D eigenvalue weighted by Crippen LogP contribution is -2.10. The van der Waals surface area contributed by atoms with Crippen molar-refractivity contribution in [3.05, 3.63) is 35.6 Å². The monoisotopic (exact) mass is 394 g/mol. The quantitative estimate of drug-likeness (QED) is 0.450. The van der Waals surface area contributed by atoms with Crippen molar-refractivity contribution in [2.24, 2.45) is 0 Å². The number of Topliss-reactive ketones (excluding diaryl/α,β-unsaturated/α-hetero) is 1. The minimum Gasteiger partial charge on any atom is -0.390 e. The number of rotatable bonds is 4. The number of ketones is 1. The van der Waals surface area contributed by atoms with E-state index in [4.69, 9.17) is 0 Å². The normalized spacial score (nSPS) is 10.6. The van der Waals surface area contributed by atoms with E-state index < -0.39 is 10.9 Å². The minimum atomic E-state index is -0.710. The van der Waals surface area contributed by atoms with Gasteiger partial charge in [-0.05, 0) is 42.8 Å². The maximum absolute atomic E-state index is 11.9. The van der Waals surface area contributed by atoms with Gasteiger partial charge in [0.05, 0.1) is 7.57 Å². The van der Waals surface area contributed by atoms with E-state index in [2.05, 4.69) is 41.9 Å². The van der Waals surface area contributed by atoms with Gasteiger partial charge in [-0.15, -0.1) is 11.3 Å². The maximum Gasteiger partial charge on any atom is 0.490 e. The summed E-state index contributed by atoms with van der Waals surface area (Å²) in [5.41, 5.74) is 0.505. The van der Waals surface area contributed by atoms with Crippen molar-refractivity contribution < 1.29 is 9.72 Å². The van der Waals surface area contributed by atoms with Crippen molar-refractivity contribution in [3.8, 4) is 0 Å². The first-order valence-electron chi connectivity index (χ1n) is 4.49. The highest BCUT2D eigenvalue weighted by Crippen LogP contribution is 2.32. The lowest BCUT2D eigenvalue weighted by Gasteiger charge is -1.95. The first kappa shape index (κ1) is 13.3. The zero-order chi connectivity index (χ0) is 13.3. The van der Waals surface area contributed by atoms with Gasteiger partial charge >= 0.3 is 5.95 Å². The number of hydrogen-bond donors (Lipinski definition) is 0. The number of halogens is 2. The highest BCUT2D eigenvalue weighted by molar-refractivity contribution is 9.12. The summed E-state index contributed by atoms with van der Waals surface area (Å²) in [4.78, 5) is 25.1. The highest BCUT2D eigenvalue weighted by atomic mass is 79.9. The van der Waals surface area contributed by atoms with E-state index in [0.717, 1.165) is 14.8 Å². The molecule has 0 radical (unpaired) electrons. The fraction of sp³-hybridized carbons (Fsp3) is 0.125. The van der Waals surface area contributed by atoms with Crippen LogP contribution >= 0.6 is 43.2 Å². The molecule has 0 aliphatic rings. The van der Waals surface area contributed by atoms with Crippen LogP contribution in [0.2, 0.25) is 0 Å². The molecule has 0 spiro atoms. The summed E-state index contributed by atoms with van der Waals surface area (Å²) < 4.78 is 2.66. The fourth-order valence-electron chi connectivity index (χ4n) is 1.21. The predicted octanol–water partition coefficient (Wildman–Crippen LogP) is 2.66. The van der Waals surface area contributed by atoms with Crippen LogP contribution < -0.4 is 0 Å². The van der Waals surface area contributed by atoms with E-state index in [9.17, 15) is 14.9 Å². The van der Waals surface area contributed by atoms with Crippen molar-refractivity contribution in [1.29, 1.82) is 0 Å². The zero-order valence-electron chi connectivity index (χ0n) is 8.54. The average molecular weight is 396 g/mol. The molecule has 0 saturated heterocycles. The van der Waals surface area contributed by atoms with Gasteiger partial charge in [-0.3, -0.25) is 4.79 Å². The third-order valence-electron chi connectivity index (χ3n) is 1.95. The van der Waals surface area contributed by atoms with Crippen molar-refractivity contribution in [2.45, 2.75) is 6.54 Å². The highest BCUT2D eigenvalue weighted by Gasteiger charge is 2.18. The lowest BCUT2D eigenvalue weighted by atomic mass is 10.2. The van der Waals surface area contributed by atoms with Crippen LogP contribution in [0.4, 0.5) is 5.95 Å². The summed E-state index contributed by atoms with van der Waals surface area (Å²) in [7, 11) is 0. The number of nitro groups is 1. The maximum atomic E-state index is 11.9. The minimum absolute atomic E-state index is 0.0946. The van der Waals surface area contributed by atoms with E-state index in [1.807, 2.05) is 0 Å². The summed E-state index contributed by atoms with van der Waals surface area (Å²) in [6.07, 6.45) is 1.16. The molecule has 0 amide bonds. The van der Waals surface area contributed by atoms with Gasteiger partial charge in [0.15, 0.2) is 5.78 Å². The van der Waals surface area contributed by atoms with Crippen LogP contribution in [0.1, 0.15) is 10.4 Å². The number of carbonyl (C=O) groups is 1. The van der Waals surface area contributed by atoms with Crippen LogP contribution in [0.25, 0.3) is 0 Å². The van der Waals surface area contributed by atoms with E-state index in [0.29, 0.717) is 9.35 Å². The molecule has 18 heavy (non-hydrogen) atoms. The second-order valence-corrected chi connectivity index (χ2v) is 6.91. The van der Waals surface area contributed by atoms with Gasteiger partial charge in [0, 0.05) is 10.7 Å². The Morgan fingerprint density at radius 1 is 1.56 bits per heavy atom. The first-order valence-corrected chi connectivity index (χ1v) is 6.89. The van der Waals surface area contributed by atoms with Crippen LogP contribution in [-0.2, 0) is 6.54 Å². The molecule has 0 aromatic carbocycles. The van der Waals surface area contributed by atoms with Crippen molar-refractivity contribution in [2.75, 3.05) is 0 Å². The fourth-order valence-corrected chi connectivity index (χ4v) is 4.06. The van der Waals surface area contributed by atoms with Gasteiger partial charge in [0.25, 0.3) is 0 Å². The number of hydrogen-bond acceptors (Lipinski definition) is 6. The topological polar surface area (TPSA) is 90.9 Å². The summed E-state index contributed by atoms with van der Waals surface area (Å²) in [5.74, 6) is -0.725. The van der Waals surface area contributed by atoms with Crippen molar-refractivity contribution in [1.82, 2.24) is 14.8 Å². The lowest BCUT2D eigenvalue weighted by molar-refractivity contribution is -0.394. The Balaban J connectivity index is 2.16. The van der Waals surface area contributed by atoms with Crippen LogP contribution in [0, 0.1) is 10.1 Å². The Kier molecular flexibility index (Phi) is 3.88. The summed E-state index contributed by atoms with van der Waals surface area (Å²) in [6, 6.07) is 1.68. The number of nitrogens with zero attached hydrogens (tertiary/aromatic N) is 4. The molecule has 7 nitrogen and oxygen atoms in total. The van der Waals surface area contributed by atoms with Crippen LogP contribution in [0.5, 0.6) is 0 Å². The molecular formula is C8H4Br2N4O3S. The molecule has 2 rings (SSSR count). The van der Waals surface area contributed by atoms with Gasteiger partial charge in [-0.1, -0.05) is 4.98 Å². The molecular weight excluding hydrogens is 392 g/mol. The number of carbonyl (C=O) groups excluding carboxylic acids is 1. The van der Waals surface area contributed by atoms with E-state index in [-0.39, 0.29) is 12.3 Å². The SMILES string of the molecule is O=C(Cn1cnc([N+](=O)[O-])n1)c1cc(Br)sc1Br. The van der Waals surface area contributed by atoms with Crippen LogP contribution in [0.3, 0.4) is 0 Å². The first-order chi connectivity index (χ1) is 8.47. The standard InChI is InChI=1S/C8H4Br2N4O3S/c9-6-1-4(7(10)18-6)5(15)2-13-3-11-8(12-13)14(16)17/h1,3H,2H2. The number of aromatic nitrogens is 3. The number of thiophene rings is 1. The Bertz CT molecular complexity index is 624. The predicted molar refractivity (Wildman–Crippen MR) is 70.7 cm³/mol. The molecule has 94 valence electrons. The van der Waals surface area contributed by atoms with Gasteiger partial charge in [-0.2, -0.15) is 4.68 Å². The smallest absolute Gasteiger partial charge is 0.390 e. The van der Waals surface area contributed by atoms with Gasteiger partial charge < -0.3 is 10.1 Å². The van der Waals surface area contributed by atoms with E-state index in [1.165, 1.54) is 11.3 Å². The molecule has 0 bridgehead atoms. The summed E-state index contributed by atoms with van der Waals surface area (Å²) in [5, 5.41) is 14.0.